The largest absolute Gasteiger partial charge is 0.311 e. The van der Waals surface area contributed by atoms with E-state index in [1.807, 2.05) is 0 Å². The van der Waals surface area contributed by atoms with E-state index in [9.17, 15) is 0 Å². The third-order valence-corrected chi connectivity index (χ3v) is 11.0. The van der Waals surface area contributed by atoms with Gasteiger partial charge in [-0.3, -0.25) is 0 Å². The van der Waals surface area contributed by atoms with Gasteiger partial charge in [-0.2, -0.15) is 0 Å². The highest BCUT2D eigenvalue weighted by Gasteiger charge is 2.15. The van der Waals surface area contributed by atoms with Crippen molar-refractivity contribution in [3.63, 3.8) is 0 Å². The van der Waals surface area contributed by atoms with Gasteiger partial charge >= 0.3 is 0 Å². The lowest BCUT2D eigenvalue weighted by Gasteiger charge is -2.26. The van der Waals surface area contributed by atoms with Crippen molar-refractivity contribution in [1.82, 2.24) is 0 Å². The molecule has 0 radical (unpaired) electrons. The minimum Gasteiger partial charge on any atom is -0.311 e. The zero-order valence-electron chi connectivity index (χ0n) is 32.1. The second kappa shape index (κ2) is 15.9. The van der Waals surface area contributed by atoms with Crippen LogP contribution in [0.2, 0.25) is 0 Å². The fourth-order valence-electron chi connectivity index (χ4n) is 8.00. The van der Waals surface area contributed by atoms with Gasteiger partial charge in [0.25, 0.3) is 0 Å². The zero-order chi connectivity index (χ0) is 38.6. The maximum absolute atomic E-state index is 4.57. The molecule has 9 rings (SSSR count). The fraction of sp³-hybridized carbons (Fsp3) is 0.0357. The topological polar surface area (TPSA) is 3.24 Å². The summed E-state index contributed by atoms with van der Waals surface area (Å²) in [4.78, 5) is 2.33. The number of hydrogen-bond acceptors (Lipinski definition) is 1. The summed E-state index contributed by atoms with van der Waals surface area (Å²) in [6.07, 6.45) is 0.779. The summed E-state index contributed by atoms with van der Waals surface area (Å²) >= 11 is 0. The van der Waals surface area contributed by atoms with Gasteiger partial charge in [-0.25, -0.2) is 0 Å². The molecule has 0 bridgehead atoms. The van der Waals surface area contributed by atoms with Crippen molar-refractivity contribution >= 4 is 33.4 Å². The summed E-state index contributed by atoms with van der Waals surface area (Å²) < 4.78 is 0. The van der Waals surface area contributed by atoms with Crippen LogP contribution < -0.4 is 4.90 Å². The predicted octanol–water partition coefficient (Wildman–Crippen LogP) is 15.5. The molecule has 0 fully saturated rings. The van der Waals surface area contributed by atoms with Gasteiger partial charge in [-0.15, -0.1) is 0 Å². The Kier molecular flexibility index (Phi) is 9.88. The quantitative estimate of drug-likeness (QED) is 0.135. The Labute approximate surface area is 336 Å². The second-order valence-electron chi connectivity index (χ2n) is 14.7. The molecule has 0 aromatic heterocycles. The molecule has 0 aliphatic carbocycles. The monoisotopic (exact) mass is 729 g/mol. The molecule has 0 N–H and O–H groups in total. The van der Waals surface area contributed by atoms with Crippen LogP contribution in [0.4, 0.5) is 17.1 Å². The third kappa shape index (κ3) is 7.44. The van der Waals surface area contributed by atoms with E-state index >= 15 is 0 Å². The number of aryl methyl sites for hydroxylation is 1. The fourth-order valence-corrected chi connectivity index (χ4v) is 8.00. The first-order valence-corrected chi connectivity index (χ1v) is 19.7. The Hall–Kier alpha value is -7.22. The number of hydrogen-bond donors (Lipinski definition) is 0. The van der Waals surface area contributed by atoms with Crippen LogP contribution in [-0.2, 0) is 6.42 Å². The Bertz CT molecular complexity index is 2700. The molecular formula is C56H43N. The summed E-state index contributed by atoms with van der Waals surface area (Å²) in [5, 5.41) is 2.55. The van der Waals surface area contributed by atoms with Crippen LogP contribution in [0.15, 0.2) is 225 Å². The van der Waals surface area contributed by atoms with Crippen LogP contribution in [0, 0.1) is 6.92 Å². The van der Waals surface area contributed by atoms with Crippen LogP contribution >= 0.6 is 0 Å². The molecule has 1 nitrogen and oxygen atoms in total. The maximum Gasteiger partial charge on any atom is 0.0462 e. The average molecular weight is 730 g/mol. The highest BCUT2D eigenvalue weighted by atomic mass is 15.1. The molecule has 0 heterocycles. The number of benzene rings is 9. The predicted molar refractivity (Wildman–Crippen MR) is 244 cm³/mol. The van der Waals surface area contributed by atoms with E-state index in [2.05, 4.69) is 237 Å². The number of rotatable bonds is 10. The summed E-state index contributed by atoms with van der Waals surface area (Å²) in [6.45, 7) is 6.78. The van der Waals surface area contributed by atoms with Gasteiger partial charge in [0, 0.05) is 17.1 Å². The van der Waals surface area contributed by atoms with Crippen molar-refractivity contribution < 1.29 is 0 Å². The van der Waals surface area contributed by atoms with E-state index < -0.39 is 0 Å². The first-order valence-electron chi connectivity index (χ1n) is 19.7. The van der Waals surface area contributed by atoms with Gasteiger partial charge in [0.1, 0.15) is 0 Å². The van der Waals surface area contributed by atoms with E-state index in [4.69, 9.17) is 0 Å². The Balaban J connectivity index is 0.974. The maximum atomic E-state index is 4.57. The van der Waals surface area contributed by atoms with Crippen LogP contribution in [0.25, 0.3) is 60.9 Å². The van der Waals surface area contributed by atoms with E-state index in [-0.39, 0.29) is 0 Å². The van der Waals surface area contributed by atoms with Crippen molar-refractivity contribution in [2.24, 2.45) is 0 Å². The first-order chi connectivity index (χ1) is 28.1. The highest BCUT2D eigenvalue weighted by Crippen LogP contribution is 2.39. The smallest absolute Gasteiger partial charge is 0.0462 e. The Morgan fingerprint density at radius 3 is 1.35 bits per heavy atom. The lowest BCUT2D eigenvalue weighted by Crippen LogP contribution is -2.09. The number of fused-ring (bicyclic) bond motifs is 1. The number of nitrogens with zero attached hydrogens (tertiary/aromatic N) is 1. The number of allylic oxidation sites excluding steroid dienone is 1. The van der Waals surface area contributed by atoms with Gasteiger partial charge in [0.05, 0.1) is 0 Å². The standard InChI is InChI=1S/C56H43N/c1-40-21-22-49-17-9-11-19-54(49)56(40)55-20-12-10-18-50(55)39-41(2)42-23-25-45(26-24-42)48-31-37-53(38-32-48)57(51-33-27-46(28-34-51)43-13-5-3-6-14-43)52-35-29-47(30-36-52)44-15-7-4-8-16-44/h3-38H,2,39H2,1H3. The van der Waals surface area contributed by atoms with Crippen LogP contribution in [-0.4, -0.2) is 0 Å². The molecule has 0 spiro atoms. The normalized spacial score (nSPS) is 11.0. The second-order valence-corrected chi connectivity index (χ2v) is 14.7. The summed E-state index contributed by atoms with van der Waals surface area (Å²) in [6, 6.07) is 78.5. The van der Waals surface area contributed by atoms with Gasteiger partial charge in [0.15, 0.2) is 0 Å². The van der Waals surface area contributed by atoms with Crippen LogP contribution in [0.5, 0.6) is 0 Å². The van der Waals surface area contributed by atoms with Gasteiger partial charge < -0.3 is 4.90 Å². The Morgan fingerprint density at radius 2 is 0.825 bits per heavy atom. The van der Waals surface area contributed by atoms with Crippen LogP contribution in [0.3, 0.4) is 0 Å². The van der Waals surface area contributed by atoms with E-state index in [0.717, 1.165) is 34.6 Å². The van der Waals surface area contributed by atoms with Crippen molar-refractivity contribution in [2.75, 3.05) is 4.90 Å². The molecule has 9 aromatic rings. The van der Waals surface area contributed by atoms with Gasteiger partial charge in [0.2, 0.25) is 0 Å². The Morgan fingerprint density at radius 1 is 0.404 bits per heavy atom. The van der Waals surface area contributed by atoms with Gasteiger partial charge in [-0.05, 0) is 127 Å². The van der Waals surface area contributed by atoms with Crippen molar-refractivity contribution in [2.45, 2.75) is 13.3 Å². The first kappa shape index (κ1) is 35.5. The molecule has 57 heavy (non-hydrogen) atoms. The van der Waals surface area contributed by atoms with Crippen LogP contribution in [0.1, 0.15) is 16.7 Å². The summed E-state index contributed by atoms with van der Waals surface area (Å²) in [7, 11) is 0. The molecule has 1 heteroatoms. The summed E-state index contributed by atoms with van der Waals surface area (Å²) in [5.41, 5.74) is 17.9. The number of anilines is 3. The SMILES string of the molecule is C=C(Cc1ccccc1-c1c(C)ccc2ccccc12)c1ccc(-c2ccc(N(c3ccc(-c4ccccc4)cc3)c3ccc(-c4ccccc4)cc3)cc2)cc1. The highest BCUT2D eigenvalue weighted by molar-refractivity contribution is 5.99. The molecule has 0 amide bonds. The molecule has 0 saturated carbocycles. The minimum atomic E-state index is 0.779. The van der Waals surface area contributed by atoms with Crippen molar-refractivity contribution in [3.8, 4) is 44.5 Å². The van der Waals surface area contributed by atoms with Crippen molar-refractivity contribution in [1.29, 1.82) is 0 Å². The van der Waals surface area contributed by atoms with Gasteiger partial charge in [-0.1, -0.05) is 189 Å². The average Bonchev–Trinajstić information content (AvgIpc) is 3.28. The minimum absolute atomic E-state index is 0.779. The molecule has 9 aromatic carbocycles. The van der Waals surface area contributed by atoms with E-state index in [0.29, 0.717) is 0 Å². The molecule has 0 aliphatic heterocycles. The third-order valence-electron chi connectivity index (χ3n) is 11.0. The lowest BCUT2D eigenvalue weighted by atomic mass is 9.88. The molecule has 0 atom stereocenters. The van der Waals surface area contributed by atoms with E-state index in [1.165, 1.54) is 66.4 Å². The van der Waals surface area contributed by atoms with Crippen molar-refractivity contribution in [3.05, 3.63) is 242 Å². The molecular weight excluding hydrogens is 687 g/mol. The summed E-state index contributed by atoms with van der Waals surface area (Å²) in [5.74, 6) is 0. The lowest BCUT2D eigenvalue weighted by molar-refractivity contribution is 1.28. The molecule has 0 aliphatic rings. The van der Waals surface area contributed by atoms with E-state index in [1.54, 1.807) is 0 Å². The zero-order valence-corrected chi connectivity index (χ0v) is 32.1. The molecule has 0 saturated heterocycles. The molecule has 0 unspecified atom stereocenters. The molecule has 272 valence electrons.